The first kappa shape index (κ1) is 16.8. The molecule has 1 aromatic carbocycles. The smallest absolute Gasteiger partial charge is 0.157 e. The minimum atomic E-state index is 0.0893. The Bertz CT molecular complexity index is 494. The molecule has 1 fully saturated rings. The molecule has 1 aliphatic rings. The Kier molecular flexibility index (Phi) is 6.25. The number of aldehydes is 1. The second-order valence-electron chi connectivity index (χ2n) is 6.29. The first-order valence-corrected chi connectivity index (χ1v) is 8.25. The summed E-state index contributed by atoms with van der Waals surface area (Å²) in [6, 6.07) is 4.68. The van der Waals surface area contributed by atoms with Gasteiger partial charge in [0.1, 0.15) is 12.4 Å². The molecular weight excluding hydrogens is 276 g/mol. The van der Waals surface area contributed by atoms with Crippen molar-refractivity contribution in [3.05, 3.63) is 23.3 Å². The van der Waals surface area contributed by atoms with Gasteiger partial charge in [0.2, 0.25) is 0 Å². The summed E-state index contributed by atoms with van der Waals surface area (Å²) >= 11 is 0. The van der Waals surface area contributed by atoms with Crippen molar-refractivity contribution in [1.82, 2.24) is 5.32 Å². The van der Waals surface area contributed by atoms with Gasteiger partial charge in [-0.15, -0.1) is 0 Å². The number of nitrogens with one attached hydrogen (secondary N) is 2. The van der Waals surface area contributed by atoms with E-state index in [4.69, 9.17) is 4.74 Å². The molecule has 4 nitrogen and oxygen atoms in total. The predicted molar refractivity (Wildman–Crippen MR) is 90.5 cm³/mol. The van der Waals surface area contributed by atoms with Gasteiger partial charge in [-0.05, 0) is 55.7 Å². The van der Waals surface area contributed by atoms with Gasteiger partial charge in [-0.3, -0.25) is 4.79 Å². The SMILES string of the molecule is CNc1c(OCC=O)ccc(CNC2CCC(C)CC2)c1C. The van der Waals surface area contributed by atoms with E-state index in [-0.39, 0.29) is 6.61 Å². The maximum Gasteiger partial charge on any atom is 0.157 e. The average Bonchev–Trinajstić information content (AvgIpc) is 2.53. The Balaban J connectivity index is 2.00. The molecule has 1 saturated carbocycles. The lowest BCUT2D eigenvalue weighted by atomic mass is 9.87. The van der Waals surface area contributed by atoms with E-state index in [0.29, 0.717) is 6.04 Å². The fraction of sp³-hybridized carbons (Fsp3) is 0.611. The molecule has 0 spiro atoms. The van der Waals surface area contributed by atoms with Crippen LogP contribution in [0.25, 0.3) is 0 Å². The van der Waals surface area contributed by atoms with Gasteiger partial charge in [-0.1, -0.05) is 13.0 Å². The van der Waals surface area contributed by atoms with Crippen LogP contribution in [0.1, 0.15) is 43.7 Å². The fourth-order valence-electron chi connectivity index (χ4n) is 3.19. The molecule has 0 amide bonds. The number of ether oxygens (including phenoxy) is 1. The van der Waals surface area contributed by atoms with Crippen molar-refractivity contribution in [2.45, 2.75) is 52.1 Å². The van der Waals surface area contributed by atoms with Crippen molar-refractivity contribution in [2.24, 2.45) is 5.92 Å². The Hall–Kier alpha value is -1.55. The molecule has 0 unspecified atom stereocenters. The van der Waals surface area contributed by atoms with E-state index in [2.05, 4.69) is 30.5 Å². The van der Waals surface area contributed by atoms with Crippen LogP contribution >= 0.6 is 0 Å². The van der Waals surface area contributed by atoms with Crippen LogP contribution < -0.4 is 15.4 Å². The summed E-state index contributed by atoms with van der Waals surface area (Å²) in [5.41, 5.74) is 3.43. The van der Waals surface area contributed by atoms with E-state index >= 15 is 0 Å². The summed E-state index contributed by atoms with van der Waals surface area (Å²) in [6.45, 7) is 5.41. The highest BCUT2D eigenvalue weighted by Crippen LogP contribution is 2.31. The van der Waals surface area contributed by atoms with Gasteiger partial charge >= 0.3 is 0 Å². The molecule has 1 aromatic rings. The molecule has 0 aliphatic heterocycles. The topological polar surface area (TPSA) is 50.4 Å². The van der Waals surface area contributed by atoms with Gasteiger partial charge in [-0.25, -0.2) is 0 Å². The first-order chi connectivity index (χ1) is 10.7. The second-order valence-corrected chi connectivity index (χ2v) is 6.29. The van der Waals surface area contributed by atoms with Crippen LogP contribution in [-0.4, -0.2) is 26.0 Å². The standard InChI is InChI=1S/C18H28N2O2/c1-13-4-7-16(8-5-13)20-12-15-6-9-17(22-11-10-21)18(19-3)14(15)2/h6,9-10,13,16,19-20H,4-5,7-8,11-12H2,1-3H3. The molecule has 0 bridgehead atoms. The van der Waals surface area contributed by atoms with Crippen LogP contribution in [0.3, 0.4) is 0 Å². The van der Waals surface area contributed by atoms with Crippen LogP contribution in [0, 0.1) is 12.8 Å². The lowest BCUT2D eigenvalue weighted by Gasteiger charge is -2.27. The summed E-state index contributed by atoms with van der Waals surface area (Å²) in [4.78, 5) is 10.5. The molecule has 0 saturated heterocycles. The zero-order valence-electron chi connectivity index (χ0n) is 13.9. The van der Waals surface area contributed by atoms with Crippen molar-refractivity contribution in [2.75, 3.05) is 19.0 Å². The zero-order valence-corrected chi connectivity index (χ0v) is 13.9. The molecule has 122 valence electrons. The van der Waals surface area contributed by atoms with Crippen molar-refractivity contribution in [3.63, 3.8) is 0 Å². The molecule has 0 atom stereocenters. The Morgan fingerprint density at radius 3 is 2.64 bits per heavy atom. The van der Waals surface area contributed by atoms with Crippen molar-refractivity contribution in [3.8, 4) is 5.75 Å². The monoisotopic (exact) mass is 304 g/mol. The van der Waals surface area contributed by atoms with E-state index in [1.165, 1.54) is 36.8 Å². The highest BCUT2D eigenvalue weighted by molar-refractivity contribution is 5.64. The molecule has 4 heteroatoms. The zero-order chi connectivity index (χ0) is 15.9. The number of benzene rings is 1. The lowest BCUT2D eigenvalue weighted by molar-refractivity contribution is -0.109. The summed E-state index contributed by atoms with van der Waals surface area (Å²) in [5.74, 6) is 1.62. The minimum absolute atomic E-state index is 0.0893. The summed E-state index contributed by atoms with van der Waals surface area (Å²) in [6.07, 6.45) is 5.99. The van der Waals surface area contributed by atoms with Crippen LogP contribution in [0.5, 0.6) is 5.75 Å². The van der Waals surface area contributed by atoms with Crippen LogP contribution in [-0.2, 0) is 11.3 Å². The minimum Gasteiger partial charge on any atom is -0.484 e. The second kappa shape index (κ2) is 8.18. The molecular formula is C18H28N2O2. The van der Waals surface area contributed by atoms with Crippen molar-refractivity contribution < 1.29 is 9.53 Å². The molecule has 2 N–H and O–H groups in total. The number of rotatable bonds is 7. The van der Waals surface area contributed by atoms with Gasteiger partial charge in [0.05, 0.1) is 5.69 Å². The number of anilines is 1. The number of carbonyl (C=O) groups is 1. The Morgan fingerprint density at radius 2 is 2.00 bits per heavy atom. The Labute approximate surface area is 133 Å². The quantitative estimate of drug-likeness (QED) is 0.759. The summed E-state index contributed by atoms with van der Waals surface area (Å²) < 4.78 is 5.47. The summed E-state index contributed by atoms with van der Waals surface area (Å²) in [7, 11) is 1.88. The highest BCUT2D eigenvalue weighted by atomic mass is 16.5. The van der Waals surface area contributed by atoms with Crippen molar-refractivity contribution >= 4 is 12.0 Å². The third kappa shape index (κ3) is 4.23. The molecule has 0 radical (unpaired) electrons. The average molecular weight is 304 g/mol. The van der Waals surface area contributed by atoms with Crippen molar-refractivity contribution in [1.29, 1.82) is 0 Å². The van der Waals surface area contributed by atoms with Gasteiger partial charge < -0.3 is 15.4 Å². The van der Waals surface area contributed by atoms with Crippen LogP contribution in [0.15, 0.2) is 12.1 Å². The van der Waals surface area contributed by atoms with Crippen LogP contribution in [0.4, 0.5) is 5.69 Å². The largest absolute Gasteiger partial charge is 0.484 e. The van der Waals surface area contributed by atoms with Crippen LogP contribution in [0.2, 0.25) is 0 Å². The van der Waals surface area contributed by atoms with E-state index in [1.807, 2.05) is 13.1 Å². The fourth-order valence-corrected chi connectivity index (χ4v) is 3.19. The number of hydrogen-bond donors (Lipinski definition) is 2. The molecule has 2 rings (SSSR count). The Morgan fingerprint density at radius 1 is 1.27 bits per heavy atom. The molecule has 1 aliphatic carbocycles. The normalized spacial score (nSPS) is 21.4. The van der Waals surface area contributed by atoms with E-state index < -0.39 is 0 Å². The predicted octanol–water partition coefficient (Wildman–Crippen LogP) is 3.28. The maximum absolute atomic E-state index is 10.5. The number of hydrogen-bond acceptors (Lipinski definition) is 4. The van der Waals surface area contributed by atoms with Gasteiger partial charge in [0.25, 0.3) is 0 Å². The van der Waals surface area contributed by atoms with E-state index in [1.54, 1.807) is 0 Å². The number of carbonyl (C=O) groups excluding carboxylic acids is 1. The van der Waals surface area contributed by atoms with Gasteiger partial charge in [0, 0.05) is 19.6 Å². The molecule has 0 aromatic heterocycles. The highest BCUT2D eigenvalue weighted by Gasteiger charge is 2.18. The van der Waals surface area contributed by atoms with Gasteiger partial charge in [0.15, 0.2) is 6.29 Å². The lowest BCUT2D eigenvalue weighted by Crippen LogP contribution is -2.32. The molecule has 22 heavy (non-hydrogen) atoms. The first-order valence-electron chi connectivity index (χ1n) is 8.25. The van der Waals surface area contributed by atoms with E-state index in [0.717, 1.165) is 30.2 Å². The third-order valence-electron chi connectivity index (χ3n) is 4.69. The maximum atomic E-state index is 10.5. The summed E-state index contributed by atoms with van der Waals surface area (Å²) in [5, 5.41) is 6.88. The third-order valence-corrected chi connectivity index (χ3v) is 4.69. The van der Waals surface area contributed by atoms with Gasteiger partial charge in [-0.2, -0.15) is 0 Å². The van der Waals surface area contributed by atoms with E-state index in [9.17, 15) is 4.79 Å². The molecule has 0 heterocycles.